The summed E-state index contributed by atoms with van der Waals surface area (Å²) in [5.41, 5.74) is 4.75. The summed E-state index contributed by atoms with van der Waals surface area (Å²) in [4.78, 5) is -0.372. The second-order valence-electron chi connectivity index (χ2n) is 3.89. The van der Waals surface area contributed by atoms with Crippen LogP contribution >= 0.6 is 11.6 Å². The summed E-state index contributed by atoms with van der Waals surface area (Å²) in [6, 6.07) is 6.83. The van der Waals surface area contributed by atoms with Crippen molar-refractivity contribution in [2.45, 2.75) is 4.90 Å². The summed E-state index contributed by atoms with van der Waals surface area (Å²) in [7, 11) is -4.14. The predicted molar refractivity (Wildman–Crippen MR) is 73.0 cm³/mol. The minimum absolute atomic E-state index is 0.183. The van der Waals surface area contributed by atoms with Crippen molar-refractivity contribution in [2.24, 2.45) is 0 Å². The quantitative estimate of drug-likeness (QED) is 0.854. The van der Waals surface area contributed by atoms with E-state index in [1.807, 2.05) is 4.72 Å². The maximum Gasteiger partial charge on any atom is 0.262 e. The zero-order valence-electron chi connectivity index (χ0n) is 9.90. The van der Waals surface area contributed by atoms with Crippen LogP contribution in [0.2, 0.25) is 5.02 Å². The van der Waals surface area contributed by atoms with Gasteiger partial charge in [-0.15, -0.1) is 0 Å². The van der Waals surface area contributed by atoms with Gasteiger partial charge in [0.1, 0.15) is 5.82 Å². The van der Waals surface area contributed by atoms with Gasteiger partial charge in [-0.25, -0.2) is 17.2 Å². The fourth-order valence-electron chi connectivity index (χ4n) is 1.46. The van der Waals surface area contributed by atoms with Gasteiger partial charge in [0.2, 0.25) is 0 Å². The molecule has 2 aromatic carbocycles. The van der Waals surface area contributed by atoms with Crippen molar-refractivity contribution in [3.05, 3.63) is 53.1 Å². The first-order valence-electron chi connectivity index (χ1n) is 5.33. The lowest BCUT2D eigenvalue weighted by Gasteiger charge is -2.10. The highest BCUT2D eigenvalue weighted by atomic mass is 35.5. The Morgan fingerprint density at radius 1 is 1.15 bits per heavy atom. The van der Waals surface area contributed by atoms with E-state index >= 15 is 0 Å². The lowest BCUT2D eigenvalue weighted by molar-refractivity contribution is 0.594. The smallest absolute Gasteiger partial charge is 0.262 e. The fraction of sp³-hybridized carbons (Fsp3) is 0. The molecule has 0 saturated heterocycles. The Morgan fingerprint density at radius 3 is 2.50 bits per heavy atom. The third-order valence-corrected chi connectivity index (χ3v) is 4.13. The van der Waals surface area contributed by atoms with Crippen LogP contribution in [0.25, 0.3) is 0 Å². The second kappa shape index (κ2) is 5.26. The van der Waals surface area contributed by atoms with E-state index < -0.39 is 21.7 Å². The average Bonchev–Trinajstić information content (AvgIpc) is 2.38. The maximum atomic E-state index is 13.6. The van der Waals surface area contributed by atoms with Gasteiger partial charge in [0.05, 0.1) is 21.3 Å². The zero-order valence-corrected chi connectivity index (χ0v) is 11.5. The summed E-state index contributed by atoms with van der Waals surface area (Å²) in [5, 5.41) is -0.228. The molecule has 0 spiro atoms. The van der Waals surface area contributed by atoms with E-state index in [1.54, 1.807) is 0 Å². The SMILES string of the molecule is Nc1ccc(S(=O)(=O)Nc2cccc(Cl)c2F)cc1F. The molecule has 0 amide bonds. The van der Waals surface area contributed by atoms with Crippen LogP contribution < -0.4 is 10.5 Å². The lowest BCUT2D eigenvalue weighted by atomic mass is 10.3. The number of nitrogens with one attached hydrogen (secondary N) is 1. The molecular weight excluding hydrogens is 310 g/mol. The Bertz CT molecular complexity index is 766. The van der Waals surface area contributed by atoms with E-state index in [4.69, 9.17) is 17.3 Å². The van der Waals surface area contributed by atoms with Gasteiger partial charge in [0.15, 0.2) is 5.82 Å². The molecule has 0 saturated carbocycles. The van der Waals surface area contributed by atoms with Gasteiger partial charge >= 0.3 is 0 Å². The van der Waals surface area contributed by atoms with Crippen molar-refractivity contribution in [1.29, 1.82) is 0 Å². The molecule has 0 bridgehead atoms. The second-order valence-corrected chi connectivity index (χ2v) is 5.98. The van der Waals surface area contributed by atoms with E-state index in [-0.39, 0.29) is 21.3 Å². The molecule has 20 heavy (non-hydrogen) atoms. The Kier molecular flexibility index (Phi) is 3.82. The number of sulfonamides is 1. The molecule has 106 valence electrons. The number of anilines is 2. The van der Waals surface area contributed by atoms with Crippen LogP contribution in [0, 0.1) is 11.6 Å². The van der Waals surface area contributed by atoms with Crippen LogP contribution in [0.1, 0.15) is 0 Å². The van der Waals surface area contributed by atoms with Crippen molar-refractivity contribution in [3.63, 3.8) is 0 Å². The summed E-state index contributed by atoms with van der Waals surface area (Å²) in [6.45, 7) is 0. The Hall–Kier alpha value is -1.86. The van der Waals surface area contributed by atoms with Gasteiger partial charge < -0.3 is 5.73 Å². The molecule has 0 aliphatic rings. The van der Waals surface area contributed by atoms with Gasteiger partial charge in [0, 0.05) is 0 Å². The number of hydrogen-bond acceptors (Lipinski definition) is 3. The highest BCUT2D eigenvalue weighted by Crippen LogP contribution is 2.25. The van der Waals surface area contributed by atoms with Crippen molar-refractivity contribution in [3.8, 4) is 0 Å². The molecule has 0 heterocycles. The lowest BCUT2D eigenvalue weighted by Crippen LogP contribution is -2.14. The van der Waals surface area contributed by atoms with Gasteiger partial charge in [-0.2, -0.15) is 0 Å². The molecule has 4 nitrogen and oxygen atoms in total. The third-order valence-electron chi connectivity index (χ3n) is 2.48. The normalized spacial score (nSPS) is 11.3. The standard InChI is InChI=1S/C12H9ClF2N2O2S/c13-8-2-1-3-11(12(8)15)17-20(18,19)7-4-5-10(16)9(14)6-7/h1-6,17H,16H2. The van der Waals surface area contributed by atoms with E-state index in [1.165, 1.54) is 18.2 Å². The average molecular weight is 319 g/mol. The predicted octanol–water partition coefficient (Wildman–Crippen LogP) is 3.00. The minimum Gasteiger partial charge on any atom is -0.396 e. The summed E-state index contributed by atoms with van der Waals surface area (Å²) in [5.74, 6) is -1.78. The highest BCUT2D eigenvalue weighted by molar-refractivity contribution is 7.92. The Morgan fingerprint density at radius 2 is 1.85 bits per heavy atom. The molecule has 0 atom stereocenters. The van der Waals surface area contributed by atoms with E-state index in [0.717, 1.165) is 18.2 Å². The first kappa shape index (κ1) is 14.5. The molecular formula is C12H9ClF2N2O2S. The van der Waals surface area contributed by atoms with Crippen LogP contribution in [0.3, 0.4) is 0 Å². The first-order chi connectivity index (χ1) is 9.31. The molecule has 2 aromatic rings. The van der Waals surface area contributed by atoms with Gasteiger partial charge in [0.25, 0.3) is 10.0 Å². The molecule has 8 heteroatoms. The molecule has 3 N–H and O–H groups in total. The minimum atomic E-state index is -4.14. The van der Waals surface area contributed by atoms with Crippen molar-refractivity contribution in [1.82, 2.24) is 0 Å². The molecule has 0 aliphatic carbocycles. The molecule has 0 unspecified atom stereocenters. The van der Waals surface area contributed by atoms with Gasteiger partial charge in [-0.05, 0) is 30.3 Å². The molecule has 0 fully saturated rings. The zero-order chi connectivity index (χ0) is 14.9. The molecule has 0 radical (unpaired) electrons. The van der Waals surface area contributed by atoms with Crippen molar-refractivity contribution < 1.29 is 17.2 Å². The number of rotatable bonds is 3. The molecule has 0 aliphatic heterocycles. The van der Waals surface area contributed by atoms with Crippen molar-refractivity contribution in [2.75, 3.05) is 10.5 Å². The number of benzene rings is 2. The summed E-state index contributed by atoms with van der Waals surface area (Å²) in [6.07, 6.45) is 0. The van der Waals surface area contributed by atoms with Gasteiger partial charge in [-0.3, -0.25) is 4.72 Å². The van der Waals surface area contributed by atoms with E-state index in [2.05, 4.69) is 0 Å². The summed E-state index contributed by atoms with van der Waals surface area (Å²) < 4.78 is 52.9. The number of hydrogen-bond donors (Lipinski definition) is 2. The van der Waals surface area contributed by atoms with Crippen LogP contribution in [-0.2, 0) is 10.0 Å². The Labute approximate surface area is 119 Å². The number of halogens is 3. The van der Waals surface area contributed by atoms with Crippen LogP contribution in [0.15, 0.2) is 41.3 Å². The van der Waals surface area contributed by atoms with E-state index in [0.29, 0.717) is 0 Å². The van der Waals surface area contributed by atoms with Crippen molar-refractivity contribution >= 4 is 33.0 Å². The number of nitrogen functional groups attached to an aromatic ring is 1. The molecule has 0 aromatic heterocycles. The maximum absolute atomic E-state index is 13.6. The molecule has 2 rings (SSSR count). The van der Waals surface area contributed by atoms with E-state index in [9.17, 15) is 17.2 Å². The van der Waals surface area contributed by atoms with Crippen LogP contribution in [0.5, 0.6) is 0 Å². The summed E-state index contributed by atoms with van der Waals surface area (Å²) >= 11 is 5.55. The first-order valence-corrected chi connectivity index (χ1v) is 7.19. The highest BCUT2D eigenvalue weighted by Gasteiger charge is 2.18. The van der Waals surface area contributed by atoms with Crippen LogP contribution in [0.4, 0.5) is 20.2 Å². The third kappa shape index (κ3) is 2.83. The van der Waals surface area contributed by atoms with Gasteiger partial charge in [-0.1, -0.05) is 17.7 Å². The monoisotopic (exact) mass is 318 g/mol. The van der Waals surface area contributed by atoms with Crippen LogP contribution in [-0.4, -0.2) is 8.42 Å². The largest absolute Gasteiger partial charge is 0.396 e. The topological polar surface area (TPSA) is 72.2 Å². The fourth-order valence-corrected chi connectivity index (χ4v) is 2.71. The Balaban J connectivity index is 2.41. The number of nitrogens with two attached hydrogens (primary N) is 1.